The van der Waals surface area contributed by atoms with Crippen LogP contribution in [0, 0.1) is 6.92 Å². The summed E-state index contributed by atoms with van der Waals surface area (Å²) in [5.74, 6) is -0.312. The summed E-state index contributed by atoms with van der Waals surface area (Å²) in [5, 5.41) is 2.85. The molecule has 1 atom stereocenters. The number of para-hydroxylation sites is 1. The van der Waals surface area contributed by atoms with Crippen LogP contribution in [0.2, 0.25) is 0 Å². The van der Waals surface area contributed by atoms with Gasteiger partial charge in [-0.2, -0.15) is 0 Å². The summed E-state index contributed by atoms with van der Waals surface area (Å²) in [6, 6.07) is 16.3. The van der Waals surface area contributed by atoms with Gasteiger partial charge in [0, 0.05) is 25.8 Å². The quantitative estimate of drug-likeness (QED) is 0.654. The van der Waals surface area contributed by atoms with Crippen LogP contribution in [-0.2, 0) is 14.8 Å². The molecule has 28 heavy (non-hydrogen) atoms. The third kappa shape index (κ3) is 5.99. The van der Waals surface area contributed by atoms with Crippen LogP contribution in [0.15, 0.2) is 54.6 Å². The first-order valence-corrected chi connectivity index (χ1v) is 11.1. The minimum absolute atomic E-state index is 0.312. The van der Waals surface area contributed by atoms with Crippen LogP contribution in [0.1, 0.15) is 18.9 Å². The van der Waals surface area contributed by atoms with Crippen molar-refractivity contribution in [2.45, 2.75) is 26.3 Å². The second kappa shape index (κ2) is 9.59. The molecule has 7 heteroatoms. The molecule has 1 amide bonds. The molecule has 6 nitrogen and oxygen atoms in total. The summed E-state index contributed by atoms with van der Waals surface area (Å²) in [6.45, 7) is 4.79. The summed E-state index contributed by atoms with van der Waals surface area (Å²) in [5.41, 5.74) is 2.63. The minimum atomic E-state index is -3.59. The van der Waals surface area contributed by atoms with Gasteiger partial charge in [0.15, 0.2) is 0 Å². The molecule has 0 aromatic heterocycles. The van der Waals surface area contributed by atoms with E-state index in [2.05, 4.69) is 10.2 Å². The SMILES string of the molecule is Cc1ccc(N([C@@H](C)C(=O)NCCCN(C)c2ccccc2)S(C)(=O)=O)cc1. The number of nitrogens with one attached hydrogen (secondary N) is 1. The molecule has 0 unspecified atom stereocenters. The van der Waals surface area contributed by atoms with Crippen molar-refractivity contribution in [3.63, 3.8) is 0 Å². The fraction of sp³-hybridized carbons (Fsp3) is 0.381. The average Bonchev–Trinajstić information content (AvgIpc) is 2.66. The Bertz CT molecular complexity index is 868. The van der Waals surface area contributed by atoms with E-state index in [0.717, 1.165) is 34.8 Å². The van der Waals surface area contributed by atoms with Crippen LogP contribution in [-0.4, -0.2) is 46.8 Å². The van der Waals surface area contributed by atoms with Gasteiger partial charge in [-0.3, -0.25) is 9.10 Å². The van der Waals surface area contributed by atoms with Gasteiger partial charge in [-0.05, 0) is 44.5 Å². The lowest BCUT2D eigenvalue weighted by molar-refractivity contribution is -0.121. The van der Waals surface area contributed by atoms with Gasteiger partial charge in [-0.15, -0.1) is 0 Å². The van der Waals surface area contributed by atoms with E-state index in [-0.39, 0.29) is 5.91 Å². The number of anilines is 2. The van der Waals surface area contributed by atoms with Gasteiger partial charge in [-0.1, -0.05) is 35.9 Å². The molecular formula is C21H29N3O3S. The van der Waals surface area contributed by atoms with Crippen LogP contribution >= 0.6 is 0 Å². The maximum absolute atomic E-state index is 12.6. The predicted octanol–water partition coefficient (Wildman–Crippen LogP) is 2.79. The second-order valence-corrected chi connectivity index (χ2v) is 8.83. The van der Waals surface area contributed by atoms with Gasteiger partial charge in [-0.25, -0.2) is 8.42 Å². The molecular weight excluding hydrogens is 374 g/mol. The number of hydrogen-bond donors (Lipinski definition) is 1. The van der Waals surface area contributed by atoms with Crippen molar-refractivity contribution in [1.29, 1.82) is 0 Å². The second-order valence-electron chi connectivity index (χ2n) is 6.97. The molecule has 0 heterocycles. The molecule has 0 bridgehead atoms. The van der Waals surface area contributed by atoms with E-state index in [0.29, 0.717) is 12.2 Å². The predicted molar refractivity (Wildman–Crippen MR) is 115 cm³/mol. The van der Waals surface area contributed by atoms with Gasteiger partial charge in [0.1, 0.15) is 6.04 Å². The summed E-state index contributed by atoms with van der Waals surface area (Å²) in [6.07, 6.45) is 1.87. The Labute approximate surface area is 168 Å². The molecule has 1 N–H and O–H groups in total. The summed E-state index contributed by atoms with van der Waals surface area (Å²) < 4.78 is 25.7. The monoisotopic (exact) mass is 403 g/mol. The Balaban J connectivity index is 1.93. The first-order valence-electron chi connectivity index (χ1n) is 9.30. The first-order chi connectivity index (χ1) is 13.2. The number of sulfonamides is 1. The molecule has 0 saturated heterocycles. The molecule has 0 aliphatic rings. The molecule has 0 fully saturated rings. The van der Waals surface area contributed by atoms with Crippen LogP contribution in [0.25, 0.3) is 0 Å². The molecule has 2 aromatic rings. The first kappa shape index (κ1) is 21.8. The fourth-order valence-corrected chi connectivity index (χ4v) is 4.16. The number of nitrogens with zero attached hydrogens (tertiary/aromatic N) is 2. The molecule has 0 saturated carbocycles. The smallest absolute Gasteiger partial charge is 0.243 e. The molecule has 0 spiro atoms. The minimum Gasteiger partial charge on any atom is -0.375 e. The van der Waals surface area contributed by atoms with Gasteiger partial charge in [0.05, 0.1) is 11.9 Å². The average molecular weight is 404 g/mol. The highest BCUT2D eigenvalue weighted by Gasteiger charge is 2.28. The van der Waals surface area contributed by atoms with E-state index < -0.39 is 16.1 Å². The number of carbonyl (C=O) groups is 1. The van der Waals surface area contributed by atoms with E-state index in [1.807, 2.05) is 56.4 Å². The van der Waals surface area contributed by atoms with Crippen molar-refractivity contribution in [3.8, 4) is 0 Å². The van der Waals surface area contributed by atoms with Crippen molar-refractivity contribution in [2.24, 2.45) is 0 Å². The number of carbonyl (C=O) groups excluding carboxylic acids is 1. The van der Waals surface area contributed by atoms with Gasteiger partial charge < -0.3 is 10.2 Å². The van der Waals surface area contributed by atoms with Crippen molar-refractivity contribution in [2.75, 3.05) is 35.6 Å². The standard InChI is InChI=1S/C21H29N3O3S/c1-17-11-13-20(14-12-17)24(28(4,26)27)18(2)21(25)22-15-8-16-23(3)19-9-6-5-7-10-19/h5-7,9-14,18H,8,15-16H2,1-4H3,(H,22,25)/t18-/m0/s1. The summed E-state index contributed by atoms with van der Waals surface area (Å²) >= 11 is 0. The summed E-state index contributed by atoms with van der Waals surface area (Å²) in [7, 11) is -1.59. The lowest BCUT2D eigenvalue weighted by atomic mass is 10.2. The van der Waals surface area contributed by atoms with Gasteiger partial charge in [0.2, 0.25) is 15.9 Å². The number of rotatable bonds is 9. The molecule has 152 valence electrons. The highest BCUT2D eigenvalue weighted by Crippen LogP contribution is 2.21. The number of hydrogen-bond acceptors (Lipinski definition) is 4. The van der Waals surface area contributed by atoms with Gasteiger partial charge >= 0.3 is 0 Å². The van der Waals surface area contributed by atoms with Crippen molar-refractivity contribution in [1.82, 2.24) is 5.32 Å². The van der Waals surface area contributed by atoms with E-state index in [1.54, 1.807) is 19.1 Å². The number of benzene rings is 2. The van der Waals surface area contributed by atoms with Crippen LogP contribution in [0.4, 0.5) is 11.4 Å². The molecule has 0 radical (unpaired) electrons. The highest BCUT2D eigenvalue weighted by molar-refractivity contribution is 7.92. The number of aryl methyl sites for hydroxylation is 1. The maximum Gasteiger partial charge on any atom is 0.243 e. The van der Waals surface area contributed by atoms with E-state index >= 15 is 0 Å². The van der Waals surface area contributed by atoms with Crippen molar-refractivity contribution < 1.29 is 13.2 Å². The third-order valence-electron chi connectivity index (χ3n) is 4.54. The van der Waals surface area contributed by atoms with E-state index in [1.165, 1.54) is 0 Å². The van der Waals surface area contributed by atoms with Crippen molar-refractivity contribution in [3.05, 3.63) is 60.2 Å². The fourth-order valence-electron chi connectivity index (χ4n) is 2.99. The van der Waals surface area contributed by atoms with Crippen molar-refractivity contribution >= 4 is 27.3 Å². The topological polar surface area (TPSA) is 69.7 Å². The number of amides is 1. The zero-order valence-electron chi connectivity index (χ0n) is 16.9. The highest BCUT2D eigenvalue weighted by atomic mass is 32.2. The Kier molecular flexibility index (Phi) is 7.45. The zero-order chi connectivity index (χ0) is 20.7. The van der Waals surface area contributed by atoms with E-state index in [9.17, 15) is 13.2 Å². The Morgan fingerprint density at radius 2 is 1.64 bits per heavy atom. The zero-order valence-corrected chi connectivity index (χ0v) is 17.7. The lowest BCUT2D eigenvalue weighted by Crippen LogP contribution is -2.48. The van der Waals surface area contributed by atoms with Crippen LogP contribution in [0.5, 0.6) is 0 Å². The molecule has 0 aliphatic heterocycles. The normalized spacial score (nSPS) is 12.3. The molecule has 2 rings (SSSR count). The largest absolute Gasteiger partial charge is 0.375 e. The van der Waals surface area contributed by atoms with Crippen LogP contribution < -0.4 is 14.5 Å². The van der Waals surface area contributed by atoms with Crippen LogP contribution in [0.3, 0.4) is 0 Å². The van der Waals surface area contributed by atoms with E-state index in [4.69, 9.17) is 0 Å². The lowest BCUT2D eigenvalue weighted by Gasteiger charge is -2.28. The Morgan fingerprint density at radius 1 is 1.04 bits per heavy atom. The molecule has 2 aromatic carbocycles. The summed E-state index contributed by atoms with van der Waals surface area (Å²) in [4.78, 5) is 14.7. The molecule has 0 aliphatic carbocycles. The Morgan fingerprint density at radius 3 is 2.21 bits per heavy atom. The maximum atomic E-state index is 12.6. The van der Waals surface area contributed by atoms with Gasteiger partial charge in [0.25, 0.3) is 0 Å². The third-order valence-corrected chi connectivity index (χ3v) is 5.79. The Hall–Kier alpha value is -2.54.